The van der Waals surface area contributed by atoms with Crippen LogP contribution in [-0.2, 0) is 9.53 Å². The minimum Gasteiger partial charge on any atom is -0.371 e. The summed E-state index contributed by atoms with van der Waals surface area (Å²) < 4.78 is 5.74. The predicted molar refractivity (Wildman–Crippen MR) is 75.4 cm³/mol. The minimum atomic E-state index is -0.280. The zero-order valence-corrected chi connectivity index (χ0v) is 12.0. The Hall–Kier alpha value is -0.810. The van der Waals surface area contributed by atoms with Crippen molar-refractivity contribution in [3.63, 3.8) is 0 Å². The van der Waals surface area contributed by atoms with E-state index in [0.717, 1.165) is 18.7 Å². The van der Waals surface area contributed by atoms with Gasteiger partial charge in [-0.2, -0.15) is 0 Å². The number of morpholine rings is 1. The lowest BCUT2D eigenvalue weighted by Crippen LogP contribution is -2.39. The number of hydrogen-bond donors (Lipinski definition) is 1. The number of benzene rings is 1. The average molecular weight is 303 g/mol. The highest BCUT2D eigenvalue weighted by Crippen LogP contribution is 2.28. The number of carbonyl (C=O) groups excluding carboxylic acids is 1. The van der Waals surface area contributed by atoms with E-state index in [4.69, 9.17) is 33.7 Å². The predicted octanol–water partition coefficient (Wildman–Crippen LogP) is 2.24. The summed E-state index contributed by atoms with van der Waals surface area (Å²) in [5.41, 5.74) is 6.16. The van der Waals surface area contributed by atoms with Crippen LogP contribution < -0.4 is 5.73 Å². The monoisotopic (exact) mass is 302 g/mol. The lowest BCUT2D eigenvalue weighted by Gasteiger charge is -2.33. The molecule has 1 saturated heterocycles. The van der Waals surface area contributed by atoms with Gasteiger partial charge in [0.2, 0.25) is 5.91 Å². The molecular formula is C13H16Cl2N2O2. The summed E-state index contributed by atoms with van der Waals surface area (Å²) in [7, 11) is 0. The van der Waals surface area contributed by atoms with E-state index in [9.17, 15) is 4.79 Å². The zero-order chi connectivity index (χ0) is 13.8. The van der Waals surface area contributed by atoms with Crippen molar-refractivity contribution in [2.45, 2.75) is 12.5 Å². The molecule has 19 heavy (non-hydrogen) atoms. The number of hydrogen-bond acceptors (Lipinski definition) is 3. The highest BCUT2D eigenvalue weighted by Gasteiger charge is 2.22. The smallest absolute Gasteiger partial charge is 0.218 e. The fourth-order valence-corrected chi connectivity index (χ4v) is 2.39. The van der Waals surface area contributed by atoms with Crippen LogP contribution >= 0.6 is 23.2 Å². The van der Waals surface area contributed by atoms with Gasteiger partial charge in [-0.15, -0.1) is 0 Å². The first-order valence-electron chi connectivity index (χ1n) is 6.13. The van der Waals surface area contributed by atoms with Crippen LogP contribution in [0.25, 0.3) is 0 Å². The second-order valence-corrected chi connectivity index (χ2v) is 5.36. The van der Waals surface area contributed by atoms with Crippen molar-refractivity contribution in [1.29, 1.82) is 0 Å². The molecule has 0 bridgehead atoms. The van der Waals surface area contributed by atoms with E-state index in [-0.39, 0.29) is 12.0 Å². The average Bonchev–Trinajstić information content (AvgIpc) is 2.40. The van der Waals surface area contributed by atoms with Gasteiger partial charge in [0.25, 0.3) is 0 Å². The molecule has 2 N–H and O–H groups in total. The van der Waals surface area contributed by atoms with E-state index >= 15 is 0 Å². The summed E-state index contributed by atoms with van der Waals surface area (Å²) in [6.07, 6.45) is 0.324. The molecular weight excluding hydrogens is 287 g/mol. The van der Waals surface area contributed by atoms with Crippen LogP contribution in [-0.4, -0.2) is 37.0 Å². The molecule has 0 saturated carbocycles. The molecule has 0 unspecified atom stereocenters. The van der Waals surface area contributed by atoms with Crippen LogP contribution in [0.15, 0.2) is 18.2 Å². The quantitative estimate of drug-likeness (QED) is 0.928. The number of primary amides is 1. The third kappa shape index (κ3) is 4.08. The molecule has 0 aliphatic carbocycles. The number of nitrogens with zero attached hydrogens (tertiary/aromatic N) is 1. The topological polar surface area (TPSA) is 55.6 Å². The van der Waals surface area contributed by atoms with E-state index in [1.807, 2.05) is 12.1 Å². The fraction of sp³-hybridized carbons (Fsp3) is 0.462. The summed E-state index contributed by atoms with van der Waals surface area (Å²) in [4.78, 5) is 13.0. The molecule has 1 aliphatic rings. The number of amides is 1. The van der Waals surface area contributed by atoms with Gasteiger partial charge in [0.05, 0.1) is 22.8 Å². The highest BCUT2D eigenvalue weighted by molar-refractivity contribution is 6.42. The van der Waals surface area contributed by atoms with Crippen LogP contribution in [0, 0.1) is 0 Å². The molecule has 4 nitrogen and oxygen atoms in total. The second-order valence-electron chi connectivity index (χ2n) is 4.55. The van der Waals surface area contributed by atoms with Gasteiger partial charge in [0, 0.05) is 26.1 Å². The Kier molecular flexibility index (Phi) is 5.05. The molecule has 6 heteroatoms. The Morgan fingerprint density at radius 2 is 2.21 bits per heavy atom. The Balaban J connectivity index is 2.00. The summed E-state index contributed by atoms with van der Waals surface area (Å²) in [5.74, 6) is -0.280. The molecule has 2 rings (SSSR count). The first-order chi connectivity index (χ1) is 9.06. The zero-order valence-electron chi connectivity index (χ0n) is 10.4. The van der Waals surface area contributed by atoms with Crippen molar-refractivity contribution in [2.24, 2.45) is 5.73 Å². The number of nitrogens with two attached hydrogens (primary N) is 1. The summed E-state index contributed by atoms with van der Waals surface area (Å²) in [6, 6.07) is 5.51. The highest BCUT2D eigenvalue weighted by atomic mass is 35.5. The Labute approximate surface area is 122 Å². The van der Waals surface area contributed by atoms with Gasteiger partial charge in [-0.3, -0.25) is 9.69 Å². The molecule has 1 amide bonds. The van der Waals surface area contributed by atoms with Gasteiger partial charge in [-0.05, 0) is 17.7 Å². The Morgan fingerprint density at radius 3 is 2.89 bits per heavy atom. The lowest BCUT2D eigenvalue weighted by molar-refractivity contribution is -0.118. The molecule has 104 valence electrons. The molecule has 0 radical (unpaired) electrons. The van der Waals surface area contributed by atoms with Crippen LogP contribution in [0.2, 0.25) is 10.0 Å². The normalized spacial score (nSPS) is 20.4. The molecule has 1 fully saturated rings. The van der Waals surface area contributed by atoms with Crippen LogP contribution in [0.1, 0.15) is 18.1 Å². The van der Waals surface area contributed by atoms with Gasteiger partial charge in [0.15, 0.2) is 0 Å². The maximum Gasteiger partial charge on any atom is 0.218 e. The lowest BCUT2D eigenvalue weighted by atomic mass is 10.1. The van der Waals surface area contributed by atoms with E-state index in [1.54, 1.807) is 6.07 Å². The van der Waals surface area contributed by atoms with Gasteiger partial charge < -0.3 is 10.5 Å². The summed E-state index contributed by atoms with van der Waals surface area (Å²) in [6.45, 7) is 2.83. The van der Waals surface area contributed by atoms with Gasteiger partial charge in [-0.25, -0.2) is 0 Å². The number of halogens is 2. The number of rotatable bonds is 4. The van der Waals surface area contributed by atoms with Crippen molar-refractivity contribution in [3.8, 4) is 0 Å². The Morgan fingerprint density at radius 1 is 1.42 bits per heavy atom. The maximum atomic E-state index is 10.8. The molecule has 1 atom stereocenters. The van der Waals surface area contributed by atoms with Crippen molar-refractivity contribution < 1.29 is 9.53 Å². The van der Waals surface area contributed by atoms with Gasteiger partial charge >= 0.3 is 0 Å². The molecule has 0 spiro atoms. The largest absolute Gasteiger partial charge is 0.371 e. The van der Waals surface area contributed by atoms with Crippen molar-refractivity contribution in [2.75, 3.05) is 26.2 Å². The van der Waals surface area contributed by atoms with Crippen molar-refractivity contribution >= 4 is 29.1 Å². The van der Waals surface area contributed by atoms with Crippen molar-refractivity contribution in [3.05, 3.63) is 33.8 Å². The third-order valence-electron chi connectivity index (χ3n) is 3.14. The van der Waals surface area contributed by atoms with E-state index < -0.39 is 0 Å². The van der Waals surface area contributed by atoms with E-state index in [2.05, 4.69) is 4.90 Å². The fourth-order valence-electron chi connectivity index (χ4n) is 2.09. The molecule has 1 aromatic carbocycles. The van der Waals surface area contributed by atoms with Gasteiger partial charge in [-0.1, -0.05) is 29.3 Å². The molecule has 0 aromatic heterocycles. The summed E-state index contributed by atoms with van der Waals surface area (Å²) in [5, 5.41) is 1.06. The standard InChI is InChI=1S/C13H16Cl2N2O2/c14-10-2-1-9(7-11(10)15)12-8-17(5-6-19-12)4-3-13(16)18/h1-2,7,12H,3-6,8H2,(H2,16,18)/t12-/m1/s1. The van der Waals surface area contributed by atoms with Crippen LogP contribution in [0.4, 0.5) is 0 Å². The second kappa shape index (κ2) is 6.57. The first kappa shape index (κ1) is 14.6. The third-order valence-corrected chi connectivity index (χ3v) is 3.88. The maximum absolute atomic E-state index is 10.8. The molecule has 1 aromatic rings. The Bertz CT molecular complexity index is 468. The van der Waals surface area contributed by atoms with E-state index in [1.165, 1.54) is 0 Å². The van der Waals surface area contributed by atoms with Crippen LogP contribution in [0.3, 0.4) is 0 Å². The minimum absolute atomic E-state index is 0.0450. The SMILES string of the molecule is NC(=O)CCN1CCO[C@@H](c2ccc(Cl)c(Cl)c2)C1. The molecule has 1 aliphatic heterocycles. The number of ether oxygens (including phenoxy) is 1. The van der Waals surface area contributed by atoms with Crippen LogP contribution in [0.5, 0.6) is 0 Å². The number of carbonyl (C=O) groups is 1. The van der Waals surface area contributed by atoms with E-state index in [0.29, 0.717) is 29.6 Å². The summed E-state index contributed by atoms with van der Waals surface area (Å²) >= 11 is 11.9. The molecule has 1 heterocycles. The first-order valence-corrected chi connectivity index (χ1v) is 6.89. The van der Waals surface area contributed by atoms with Crippen molar-refractivity contribution in [1.82, 2.24) is 4.90 Å². The van der Waals surface area contributed by atoms with Gasteiger partial charge in [0.1, 0.15) is 0 Å².